The fourth-order valence-electron chi connectivity index (χ4n) is 4.73. The third kappa shape index (κ3) is 5.33. The van der Waals surface area contributed by atoms with Crippen LogP contribution in [-0.2, 0) is 12.7 Å². The van der Waals surface area contributed by atoms with Crippen molar-refractivity contribution in [3.05, 3.63) is 71.5 Å². The number of carbonyl (C=O) groups is 2. The van der Waals surface area contributed by atoms with Crippen LogP contribution >= 0.6 is 0 Å². The Hall–Kier alpha value is -4.68. The topological polar surface area (TPSA) is 139 Å². The Bertz CT molecular complexity index is 1550. The predicted molar refractivity (Wildman–Crippen MR) is 136 cm³/mol. The van der Waals surface area contributed by atoms with Gasteiger partial charge in [-0.05, 0) is 42.7 Å². The van der Waals surface area contributed by atoms with Crippen LogP contribution in [0.5, 0.6) is 0 Å². The molecule has 39 heavy (non-hydrogen) atoms. The minimum absolute atomic E-state index is 0.0593. The molecule has 2 aromatic carbocycles. The smallest absolute Gasteiger partial charge is 0.416 e. The van der Waals surface area contributed by atoms with Gasteiger partial charge < -0.3 is 21.1 Å². The summed E-state index contributed by atoms with van der Waals surface area (Å²) in [7, 11) is 0. The van der Waals surface area contributed by atoms with Crippen molar-refractivity contribution in [2.24, 2.45) is 0 Å². The highest BCUT2D eigenvalue weighted by Gasteiger charge is 2.31. The number of rotatable bonds is 5. The Morgan fingerprint density at radius 1 is 1.13 bits per heavy atom. The number of benzene rings is 2. The van der Waals surface area contributed by atoms with E-state index in [-0.39, 0.29) is 30.5 Å². The van der Waals surface area contributed by atoms with E-state index in [9.17, 15) is 27.9 Å². The number of carbonyl (C=O) groups excluding carboxylic acids is 1. The van der Waals surface area contributed by atoms with Gasteiger partial charge in [-0.1, -0.05) is 24.3 Å². The molecule has 1 saturated heterocycles. The van der Waals surface area contributed by atoms with E-state index >= 15 is 0 Å². The van der Waals surface area contributed by atoms with Crippen molar-refractivity contribution in [1.29, 1.82) is 0 Å². The molecule has 0 radical (unpaired) electrons. The number of nitrogens with zero attached hydrogens (tertiary/aromatic N) is 5. The number of nitrogens with one attached hydrogen (secondary N) is 1. The van der Waals surface area contributed by atoms with Crippen molar-refractivity contribution in [3.63, 3.8) is 0 Å². The number of fused-ring (bicyclic) bond motifs is 1. The monoisotopic (exact) mass is 539 g/mol. The molecule has 0 spiro atoms. The van der Waals surface area contributed by atoms with Gasteiger partial charge in [0.15, 0.2) is 5.65 Å². The number of aromatic nitrogens is 4. The van der Waals surface area contributed by atoms with Crippen molar-refractivity contribution < 1.29 is 27.9 Å². The zero-order valence-corrected chi connectivity index (χ0v) is 20.5. The molecule has 1 aliphatic rings. The largest absolute Gasteiger partial charge is 0.465 e. The van der Waals surface area contributed by atoms with Crippen molar-refractivity contribution in [2.45, 2.75) is 31.6 Å². The molecule has 0 bridgehead atoms. The average molecular weight is 540 g/mol. The number of piperidine rings is 1. The molecule has 4 N–H and O–H groups in total. The van der Waals surface area contributed by atoms with Gasteiger partial charge in [0.05, 0.1) is 17.0 Å². The maximum Gasteiger partial charge on any atom is 0.416 e. The number of likely N-dealkylation sites (tertiary alicyclic amines) is 1. The summed E-state index contributed by atoms with van der Waals surface area (Å²) in [5.41, 5.74) is 7.54. The summed E-state index contributed by atoms with van der Waals surface area (Å²) in [5, 5.41) is 17.4. The first-order chi connectivity index (χ1) is 18.6. The van der Waals surface area contributed by atoms with E-state index in [0.29, 0.717) is 47.2 Å². The molecule has 1 aliphatic heterocycles. The molecule has 202 valence electrons. The van der Waals surface area contributed by atoms with Crippen LogP contribution in [0, 0.1) is 0 Å². The molecule has 0 unspecified atom stereocenters. The molecule has 0 saturated carbocycles. The van der Waals surface area contributed by atoms with Gasteiger partial charge in [-0.2, -0.15) is 18.3 Å². The van der Waals surface area contributed by atoms with E-state index in [1.807, 2.05) is 0 Å². The SMILES string of the molecule is Nc1ncnc2c1c(-c1cccc(CNC(=O)c3cccc(C(F)(F)F)c3)c1)nn2[C@@H]1CCCN(C(=O)O)C1. The van der Waals surface area contributed by atoms with E-state index in [2.05, 4.69) is 15.3 Å². The van der Waals surface area contributed by atoms with Crippen LogP contribution in [0.15, 0.2) is 54.9 Å². The molecule has 2 amide bonds. The predicted octanol–water partition coefficient (Wildman–Crippen LogP) is 4.34. The molecule has 1 atom stereocenters. The summed E-state index contributed by atoms with van der Waals surface area (Å²) in [5.74, 6) is -0.422. The second-order valence-electron chi connectivity index (χ2n) is 9.24. The standard InChI is InChI=1S/C26H24F3N7O3/c27-26(28,29)18-7-2-6-17(11-18)24(37)31-12-15-4-1-5-16(10-15)21-20-22(30)32-14-33-23(20)36(34-21)19-8-3-9-35(13-19)25(38)39/h1-2,4-7,10-11,14,19H,3,8-9,12-13H2,(H,31,37)(H,38,39)(H2,30,32,33)/t19-/m1/s1. The molecule has 1 fully saturated rings. The molecule has 5 rings (SSSR count). The quantitative estimate of drug-likeness (QED) is 0.343. The molecule has 2 aromatic heterocycles. The Morgan fingerprint density at radius 3 is 2.69 bits per heavy atom. The lowest BCUT2D eigenvalue weighted by molar-refractivity contribution is -0.137. The van der Waals surface area contributed by atoms with Crippen LogP contribution in [-0.4, -0.2) is 54.8 Å². The number of alkyl halides is 3. The summed E-state index contributed by atoms with van der Waals surface area (Å²) < 4.78 is 40.7. The fraction of sp³-hybridized carbons (Fsp3) is 0.269. The summed E-state index contributed by atoms with van der Waals surface area (Å²) >= 11 is 0. The minimum atomic E-state index is -4.55. The third-order valence-corrected chi connectivity index (χ3v) is 6.64. The number of hydrogen-bond acceptors (Lipinski definition) is 6. The van der Waals surface area contributed by atoms with Crippen LogP contribution < -0.4 is 11.1 Å². The first-order valence-electron chi connectivity index (χ1n) is 12.1. The van der Waals surface area contributed by atoms with Crippen molar-refractivity contribution in [3.8, 4) is 11.3 Å². The van der Waals surface area contributed by atoms with E-state index in [1.165, 1.54) is 23.4 Å². The van der Waals surface area contributed by atoms with Crippen molar-refractivity contribution in [2.75, 3.05) is 18.8 Å². The van der Waals surface area contributed by atoms with Crippen molar-refractivity contribution >= 4 is 28.9 Å². The highest BCUT2D eigenvalue weighted by Crippen LogP contribution is 2.34. The van der Waals surface area contributed by atoms with Gasteiger partial charge in [-0.3, -0.25) is 4.79 Å². The molecule has 4 aromatic rings. The molecular formula is C26H24F3N7O3. The number of carboxylic acid groups (broad SMARTS) is 1. The maximum atomic E-state index is 13.0. The Balaban J connectivity index is 1.42. The summed E-state index contributed by atoms with van der Waals surface area (Å²) in [6.07, 6.45) is -2.82. The van der Waals surface area contributed by atoms with Gasteiger partial charge in [0.2, 0.25) is 0 Å². The zero-order valence-electron chi connectivity index (χ0n) is 20.5. The van der Waals surface area contributed by atoms with E-state index in [4.69, 9.17) is 10.8 Å². The highest BCUT2D eigenvalue weighted by atomic mass is 19.4. The third-order valence-electron chi connectivity index (χ3n) is 6.64. The van der Waals surface area contributed by atoms with E-state index in [1.54, 1.807) is 28.9 Å². The lowest BCUT2D eigenvalue weighted by Crippen LogP contribution is -2.40. The minimum Gasteiger partial charge on any atom is -0.465 e. The van der Waals surface area contributed by atoms with Gasteiger partial charge in [0, 0.05) is 30.8 Å². The molecular weight excluding hydrogens is 515 g/mol. The van der Waals surface area contributed by atoms with Crippen LogP contribution in [0.2, 0.25) is 0 Å². The van der Waals surface area contributed by atoms with Gasteiger partial charge in [0.25, 0.3) is 5.91 Å². The molecule has 3 heterocycles. The Labute approximate surface area is 220 Å². The summed E-state index contributed by atoms with van der Waals surface area (Å²) in [4.78, 5) is 33.9. The second-order valence-corrected chi connectivity index (χ2v) is 9.24. The molecule has 0 aliphatic carbocycles. The summed E-state index contributed by atoms with van der Waals surface area (Å²) in [6.45, 7) is 0.768. The lowest BCUT2D eigenvalue weighted by Gasteiger charge is -2.30. The van der Waals surface area contributed by atoms with Gasteiger partial charge in [-0.15, -0.1) is 0 Å². The fourth-order valence-corrected chi connectivity index (χ4v) is 4.73. The van der Waals surface area contributed by atoms with Crippen LogP contribution in [0.3, 0.4) is 0 Å². The number of anilines is 1. The number of halogens is 3. The highest BCUT2D eigenvalue weighted by molar-refractivity contribution is 5.98. The molecule has 10 nitrogen and oxygen atoms in total. The number of amides is 2. The van der Waals surface area contributed by atoms with Crippen molar-refractivity contribution in [1.82, 2.24) is 30.0 Å². The number of nitrogen functional groups attached to an aromatic ring is 1. The van der Waals surface area contributed by atoms with Crippen LogP contribution in [0.1, 0.15) is 40.4 Å². The Morgan fingerprint density at radius 2 is 1.92 bits per heavy atom. The maximum absolute atomic E-state index is 13.0. The summed E-state index contributed by atoms with van der Waals surface area (Å²) in [6, 6.07) is 11.1. The van der Waals surface area contributed by atoms with Gasteiger partial charge in [-0.25, -0.2) is 19.4 Å². The lowest BCUT2D eigenvalue weighted by atomic mass is 10.1. The van der Waals surface area contributed by atoms with Crippen LogP contribution in [0.25, 0.3) is 22.3 Å². The number of hydrogen-bond donors (Lipinski definition) is 3. The average Bonchev–Trinajstić information content (AvgIpc) is 3.33. The zero-order chi connectivity index (χ0) is 27.7. The molecule has 13 heteroatoms. The normalized spacial score (nSPS) is 15.9. The van der Waals surface area contributed by atoms with E-state index < -0.39 is 23.7 Å². The van der Waals surface area contributed by atoms with E-state index in [0.717, 1.165) is 12.1 Å². The first kappa shape index (κ1) is 25.9. The van der Waals surface area contributed by atoms with Gasteiger partial charge in [0.1, 0.15) is 17.8 Å². The van der Waals surface area contributed by atoms with Crippen LogP contribution in [0.4, 0.5) is 23.8 Å². The Kier molecular flexibility index (Phi) is 6.81. The van der Waals surface area contributed by atoms with Gasteiger partial charge >= 0.3 is 12.3 Å². The first-order valence-corrected chi connectivity index (χ1v) is 12.1. The number of nitrogens with two attached hydrogens (primary N) is 1. The second kappa shape index (κ2) is 10.2.